The zero-order valence-electron chi connectivity index (χ0n) is 19.4. The Kier molecular flexibility index (Phi) is 8.92. The van der Waals surface area contributed by atoms with Crippen molar-refractivity contribution in [1.82, 2.24) is 4.90 Å². The number of halogens is 3. The van der Waals surface area contributed by atoms with Crippen LogP contribution in [0, 0.1) is 6.92 Å². The van der Waals surface area contributed by atoms with Crippen LogP contribution in [0.25, 0.3) is 0 Å². The van der Waals surface area contributed by atoms with Crippen molar-refractivity contribution in [1.29, 1.82) is 0 Å². The van der Waals surface area contributed by atoms with Crippen molar-refractivity contribution in [3.8, 4) is 5.75 Å². The van der Waals surface area contributed by atoms with Gasteiger partial charge in [0.2, 0.25) is 0 Å². The lowest BCUT2D eigenvalue weighted by molar-refractivity contribution is -0.138. The number of nitrogens with zero attached hydrogens (tertiary/aromatic N) is 2. The van der Waals surface area contributed by atoms with Gasteiger partial charge in [0.1, 0.15) is 12.4 Å². The van der Waals surface area contributed by atoms with Crippen LogP contribution >= 0.6 is 0 Å². The second-order valence-electron chi connectivity index (χ2n) is 8.02. The smallest absolute Gasteiger partial charge is 0.416 e. The molecular formula is C25H29F3N2O4. The third-order valence-electron chi connectivity index (χ3n) is 5.40. The lowest BCUT2D eigenvalue weighted by atomic mass is 10.0. The lowest BCUT2D eigenvalue weighted by Crippen LogP contribution is -2.43. The van der Waals surface area contributed by atoms with Gasteiger partial charge < -0.3 is 19.2 Å². The van der Waals surface area contributed by atoms with Gasteiger partial charge in [0, 0.05) is 13.1 Å². The van der Waals surface area contributed by atoms with Gasteiger partial charge >= 0.3 is 6.18 Å². The molecule has 3 rings (SSSR count). The molecule has 0 aromatic heterocycles. The monoisotopic (exact) mass is 478 g/mol. The zero-order chi connectivity index (χ0) is 24.6. The molecule has 2 aromatic carbocycles. The van der Waals surface area contributed by atoms with Crippen molar-refractivity contribution < 1.29 is 32.3 Å². The Hall–Kier alpha value is -3.07. The number of amides is 1. The van der Waals surface area contributed by atoms with E-state index in [0.29, 0.717) is 44.0 Å². The summed E-state index contributed by atoms with van der Waals surface area (Å²) in [5.74, 6) is 0.545. The number of alkyl halides is 3. The summed E-state index contributed by atoms with van der Waals surface area (Å²) < 4.78 is 49.1. The molecule has 0 saturated carbocycles. The van der Waals surface area contributed by atoms with Gasteiger partial charge in [-0.25, -0.2) is 0 Å². The van der Waals surface area contributed by atoms with Crippen molar-refractivity contribution in [3.05, 3.63) is 64.7 Å². The summed E-state index contributed by atoms with van der Waals surface area (Å²) >= 11 is 0. The maximum Gasteiger partial charge on any atom is 0.416 e. The van der Waals surface area contributed by atoms with Crippen LogP contribution in [0.1, 0.15) is 42.0 Å². The largest absolute Gasteiger partial charge is 0.483 e. The van der Waals surface area contributed by atoms with Crippen molar-refractivity contribution in [3.63, 3.8) is 0 Å². The number of ether oxygens (including phenoxy) is 2. The molecule has 34 heavy (non-hydrogen) atoms. The molecule has 184 valence electrons. The summed E-state index contributed by atoms with van der Waals surface area (Å²) in [4.78, 5) is 19.5. The Labute approximate surface area is 197 Å². The maximum atomic E-state index is 12.7. The van der Waals surface area contributed by atoms with E-state index in [-0.39, 0.29) is 19.1 Å². The van der Waals surface area contributed by atoms with Gasteiger partial charge in [-0.2, -0.15) is 13.2 Å². The number of hydrogen-bond acceptors (Lipinski definition) is 5. The third kappa shape index (κ3) is 7.21. The van der Waals surface area contributed by atoms with Crippen molar-refractivity contribution in [2.24, 2.45) is 5.16 Å². The van der Waals surface area contributed by atoms with E-state index in [4.69, 9.17) is 14.3 Å². The minimum absolute atomic E-state index is 0.0354. The van der Waals surface area contributed by atoms with E-state index >= 15 is 0 Å². The quantitative estimate of drug-likeness (QED) is 0.377. The number of rotatable bonds is 9. The van der Waals surface area contributed by atoms with Gasteiger partial charge in [-0.1, -0.05) is 30.6 Å². The highest BCUT2D eigenvalue weighted by Gasteiger charge is 2.29. The molecule has 0 aliphatic carbocycles. The van der Waals surface area contributed by atoms with Crippen molar-refractivity contribution in [2.45, 2.75) is 39.5 Å². The lowest BCUT2D eigenvalue weighted by Gasteiger charge is -2.26. The normalized spacial score (nSPS) is 14.7. The Balaban J connectivity index is 1.60. The number of benzene rings is 2. The summed E-state index contributed by atoms with van der Waals surface area (Å²) in [6, 6.07) is 10.4. The summed E-state index contributed by atoms with van der Waals surface area (Å²) in [6.07, 6.45) is -2.86. The zero-order valence-corrected chi connectivity index (χ0v) is 19.4. The Morgan fingerprint density at radius 1 is 1.12 bits per heavy atom. The van der Waals surface area contributed by atoms with Crippen LogP contribution in [0.2, 0.25) is 0 Å². The van der Waals surface area contributed by atoms with Crippen LogP contribution in [-0.4, -0.2) is 49.4 Å². The van der Waals surface area contributed by atoms with E-state index in [1.807, 2.05) is 26.0 Å². The average Bonchev–Trinajstić information content (AvgIpc) is 2.83. The highest BCUT2D eigenvalue weighted by Crippen LogP contribution is 2.29. The van der Waals surface area contributed by atoms with Crippen LogP contribution in [-0.2, 0) is 27.2 Å². The van der Waals surface area contributed by atoms with E-state index in [9.17, 15) is 18.0 Å². The minimum Gasteiger partial charge on any atom is -0.483 e. The highest BCUT2D eigenvalue weighted by atomic mass is 19.4. The van der Waals surface area contributed by atoms with Gasteiger partial charge in [0.25, 0.3) is 5.91 Å². The Bertz CT molecular complexity index is 985. The predicted molar refractivity (Wildman–Crippen MR) is 122 cm³/mol. The topological polar surface area (TPSA) is 60.4 Å². The van der Waals surface area contributed by atoms with E-state index in [0.717, 1.165) is 35.4 Å². The van der Waals surface area contributed by atoms with E-state index in [1.165, 1.54) is 12.1 Å². The van der Waals surface area contributed by atoms with E-state index in [1.54, 1.807) is 11.0 Å². The van der Waals surface area contributed by atoms with Gasteiger partial charge in [0.05, 0.1) is 24.5 Å². The summed E-state index contributed by atoms with van der Waals surface area (Å²) in [5, 5.41) is 4.24. The maximum absolute atomic E-state index is 12.7. The fraction of sp³-hybridized carbons (Fsp3) is 0.440. The number of oxime groups is 1. The Morgan fingerprint density at radius 3 is 2.44 bits per heavy atom. The molecule has 1 fully saturated rings. The summed E-state index contributed by atoms with van der Waals surface area (Å²) in [6.45, 7) is 6.17. The van der Waals surface area contributed by atoms with Gasteiger partial charge in [-0.3, -0.25) is 4.79 Å². The first-order valence-corrected chi connectivity index (χ1v) is 11.2. The van der Waals surface area contributed by atoms with Crippen molar-refractivity contribution in [2.75, 3.05) is 32.9 Å². The first-order valence-electron chi connectivity index (χ1n) is 11.2. The van der Waals surface area contributed by atoms with Gasteiger partial charge in [-0.15, -0.1) is 0 Å². The van der Waals surface area contributed by atoms with Crippen LogP contribution in [0.15, 0.2) is 47.6 Å². The van der Waals surface area contributed by atoms with Crippen LogP contribution in [0.4, 0.5) is 13.2 Å². The summed E-state index contributed by atoms with van der Waals surface area (Å²) in [5.41, 5.74) is 2.35. The number of morpholine rings is 1. The number of carbonyl (C=O) groups excluding carboxylic acids is 1. The standard InChI is InChI=1S/C25H29F3N2O4/c1-3-4-22(29-34-16-19-5-8-21(9-6-19)25(26,27)28)20-7-10-23(18(2)15-20)33-17-24(31)30-11-13-32-14-12-30/h5-10,15H,3-4,11-14,16-17H2,1-2H3. The fourth-order valence-corrected chi connectivity index (χ4v) is 3.49. The number of aryl methyl sites for hydroxylation is 1. The number of carbonyl (C=O) groups is 1. The molecule has 0 atom stereocenters. The minimum atomic E-state index is -4.37. The summed E-state index contributed by atoms with van der Waals surface area (Å²) in [7, 11) is 0. The molecule has 0 bridgehead atoms. The Morgan fingerprint density at radius 2 is 1.82 bits per heavy atom. The third-order valence-corrected chi connectivity index (χ3v) is 5.40. The van der Waals surface area contributed by atoms with Gasteiger partial charge in [0.15, 0.2) is 6.61 Å². The van der Waals surface area contributed by atoms with Crippen molar-refractivity contribution >= 4 is 11.6 Å². The van der Waals surface area contributed by atoms with Gasteiger partial charge in [-0.05, 0) is 60.4 Å². The van der Waals surface area contributed by atoms with Crippen LogP contribution < -0.4 is 4.74 Å². The molecule has 0 unspecified atom stereocenters. The molecule has 0 spiro atoms. The second kappa shape index (κ2) is 11.9. The van der Waals surface area contributed by atoms with Crippen LogP contribution in [0.5, 0.6) is 5.75 Å². The first kappa shape index (κ1) is 25.6. The van der Waals surface area contributed by atoms with E-state index < -0.39 is 11.7 Å². The van der Waals surface area contributed by atoms with Crippen LogP contribution in [0.3, 0.4) is 0 Å². The number of hydrogen-bond donors (Lipinski definition) is 0. The molecule has 1 heterocycles. The molecular weight excluding hydrogens is 449 g/mol. The second-order valence-corrected chi connectivity index (χ2v) is 8.02. The first-order chi connectivity index (χ1) is 16.3. The van der Waals surface area contributed by atoms with E-state index in [2.05, 4.69) is 5.16 Å². The SMILES string of the molecule is CCCC(=NOCc1ccc(C(F)(F)F)cc1)c1ccc(OCC(=O)N2CCOCC2)c(C)c1. The molecule has 1 aliphatic rings. The molecule has 9 heteroatoms. The molecule has 1 saturated heterocycles. The fourth-order valence-electron chi connectivity index (χ4n) is 3.49. The predicted octanol–water partition coefficient (Wildman–Crippen LogP) is 4.97. The molecule has 1 amide bonds. The highest BCUT2D eigenvalue weighted by molar-refractivity contribution is 6.00. The molecule has 0 N–H and O–H groups in total. The average molecular weight is 479 g/mol. The molecule has 0 radical (unpaired) electrons. The molecule has 2 aromatic rings. The molecule has 1 aliphatic heterocycles. The molecule has 6 nitrogen and oxygen atoms in total.